The van der Waals surface area contributed by atoms with E-state index in [0.29, 0.717) is 15.9 Å². The van der Waals surface area contributed by atoms with E-state index in [1.54, 1.807) is 0 Å². The average molecular weight is 272 g/mol. The Bertz CT molecular complexity index is 542. The first-order valence-corrected chi connectivity index (χ1v) is 5.55. The largest absolute Gasteiger partial charge is 0.417 e. The first kappa shape index (κ1) is 12.6. The monoisotopic (exact) mass is 272 g/mol. The summed E-state index contributed by atoms with van der Waals surface area (Å²) in [4.78, 5) is 11.3. The second kappa shape index (κ2) is 4.81. The number of aromatic nitrogens is 3. The summed E-state index contributed by atoms with van der Waals surface area (Å²) in [5, 5.41) is 0.927. The summed E-state index contributed by atoms with van der Waals surface area (Å²) in [7, 11) is 0. The third-order valence-electron chi connectivity index (χ3n) is 1.94. The van der Waals surface area contributed by atoms with Crippen LogP contribution in [0.2, 0.25) is 0 Å². The summed E-state index contributed by atoms with van der Waals surface area (Å²) in [6.45, 7) is 0. The molecule has 0 amide bonds. The highest BCUT2D eigenvalue weighted by molar-refractivity contribution is 7.99. The van der Waals surface area contributed by atoms with Gasteiger partial charge in [0, 0.05) is 12.3 Å². The molecule has 0 radical (unpaired) electrons. The predicted molar refractivity (Wildman–Crippen MR) is 59.8 cm³/mol. The SMILES string of the molecule is Nc1cc(Sc2ccc(C(F)(F)F)cn2)ncn1. The van der Waals surface area contributed by atoms with Gasteiger partial charge < -0.3 is 5.73 Å². The fourth-order valence-corrected chi connectivity index (χ4v) is 1.86. The average Bonchev–Trinajstić information content (AvgIpc) is 2.28. The number of pyridine rings is 1. The van der Waals surface area contributed by atoms with Gasteiger partial charge in [-0.25, -0.2) is 15.0 Å². The zero-order valence-electron chi connectivity index (χ0n) is 8.85. The number of hydrogen-bond acceptors (Lipinski definition) is 5. The Hall–Kier alpha value is -1.83. The van der Waals surface area contributed by atoms with E-state index in [-0.39, 0.29) is 0 Å². The van der Waals surface area contributed by atoms with Gasteiger partial charge in [-0.15, -0.1) is 0 Å². The highest BCUT2D eigenvalue weighted by Crippen LogP contribution is 2.30. The molecule has 0 unspecified atom stereocenters. The van der Waals surface area contributed by atoms with Crippen molar-refractivity contribution in [2.75, 3.05) is 5.73 Å². The second-order valence-electron chi connectivity index (χ2n) is 3.27. The summed E-state index contributed by atoms with van der Waals surface area (Å²) in [5.74, 6) is 0.291. The van der Waals surface area contributed by atoms with Crippen molar-refractivity contribution in [3.05, 3.63) is 36.3 Å². The number of anilines is 1. The molecule has 0 atom stereocenters. The minimum absolute atomic E-state index is 0.291. The summed E-state index contributed by atoms with van der Waals surface area (Å²) in [5.41, 5.74) is 4.68. The number of alkyl halides is 3. The van der Waals surface area contributed by atoms with E-state index in [0.717, 1.165) is 24.0 Å². The molecule has 0 aliphatic heterocycles. The molecule has 0 aliphatic rings. The van der Waals surface area contributed by atoms with Crippen LogP contribution in [0.25, 0.3) is 0 Å². The Kier molecular flexibility index (Phi) is 3.37. The minimum Gasteiger partial charge on any atom is -0.384 e. The lowest BCUT2D eigenvalue weighted by atomic mass is 10.3. The summed E-state index contributed by atoms with van der Waals surface area (Å²) < 4.78 is 36.9. The molecule has 18 heavy (non-hydrogen) atoms. The van der Waals surface area contributed by atoms with Crippen molar-refractivity contribution in [3.63, 3.8) is 0 Å². The summed E-state index contributed by atoms with van der Waals surface area (Å²) >= 11 is 1.11. The highest BCUT2D eigenvalue weighted by atomic mass is 32.2. The van der Waals surface area contributed by atoms with Gasteiger partial charge in [0.05, 0.1) is 5.56 Å². The molecule has 0 aromatic carbocycles. The molecule has 2 rings (SSSR count). The molecule has 0 saturated carbocycles. The lowest BCUT2D eigenvalue weighted by molar-refractivity contribution is -0.137. The lowest BCUT2D eigenvalue weighted by Crippen LogP contribution is -2.05. The van der Waals surface area contributed by atoms with Crippen molar-refractivity contribution in [2.24, 2.45) is 0 Å². The van der Waals surface area contributed by atoms with Crippen molar-refractivity contribution in [2.45, 2.75) is 16.2 Å². The smallest absolute Gasteiger partial charge is 0.384 e. The Labute approximate surface area is 104 Å². The molecule has 2 heterocycles. The van der Waals surface area contributed by atoms with Gasteiger partial charge in [0.15, 0.2) is 0 Å². The molecule has 2 aromatic heterocycles. The zero-order valence-corrected chi connectivity index (χ0v) is 9.66. The van der Waals surface area contributed by atoms with Crippen molar-refractivity contribution >= 4 is 17.6 Å². The number of rotatable bonds is 2. The van der Waals surface area contributed by atoms with E-state index in [1.165, 1.54) is 18.5 Å². The number of hydrogen-bond donors (Lipinski definition) is 1. The van der Waals surface area contributed by atoms with Crippen LogP contribution in [0.3, 0.4) is 0 Å². The number of halogens is 3. The Balaban J connectivity index is 2.16. The predicted octanol–water partition coefficient (Wildman–Crippen LogP) is 2.62. The molecule has 8 heteroatoms. The molecule has 0 aliphatic carbocycles. The maximum Gasteiger partial charge on any atom is 0.417 e. The number of nitrogen functional groups attached to an aromatic ring is 1. The number of nitrogens with two attached hydrogens (primary N) is 1. The van der Waals surface area contributed by atoms with Crippen LogP contribution in [0.1, 0.15) is 5.56 Å². The molecule has 94 valence electrons. The fraction of sp³-hybridized carbons (Fsp3) is 0.100. The minimum atomic E-state index is -4.38. The quantitative estimate of drug-likeness (QED) is 0.851. The van der Waals surface area contributed by atoms with Crippen molar-refractivity contribution in [1.82, 2.24) is 15.0 Å². The first-order chi connectivity index (χ1) is 8.45. The zero-order chi connectivity index (χ0) is 13.2. The van der Waals surface area contributed by atoms with Gasteiger partial charge in [-0.1, -0.05) is 0 Å². The van der Waals surface area contributed by atoms with Crippen LogP contribution in [-0.2, 0) is 6.18 Å². The molecular weight excluding hydrogens is 265 g/mol. The maximum absolute atomic E-state index is 12.3. The Morgan fingerprint density at radius 1 is 1.06 bits per heavy atom. The summed E-state index contributed by atoms with van der Waals surface area (Å²) in [6.07, 6.45) is -2.32. The molecule has 2 N–H and O–H groups in total. The molecule has 0 saturated heterocycles. The van der Waals surface area contributed by atoms with Crippen molar-refractivity contribution in [3.8, 4) is 0 Å². The van der Waals surface area contributed by atoms with Crippen LogP contribution in [0.5, 0.6) is 0 Å². The van der Waals surface area contributed by atoms with Gasteiger partial charge in [-0.05, 0) is 23.9 Å². The number of nitrogens with zero attached hydrogens (tertiary/aromatic N) is 3. The second-order valence-corrected chi connectivity index (χ2v) is 4.31. The first-order valence-electron chi connectivity index (χ1n) is 4.74. The molecule has 0 fully saturated rings. The van der Waals surface area contributed by atoms with Crippen LogP contribution < -0.4 is 5.73 Å². The van der Waals surface area contributed by atoms with Crippen LogP contribution in [0, 0.1) is 0 Å². The van der Waals surface area contributed by atoms with E-state index in [9.17, 15) is 13.2 Å². The van der Waals surface area contributed by atoms with Gasteiger partial charge in [-0.2, -0.15) is 13.2 Å². The van der Waals surface area contributed by atoms with E-state index < -0.39 is 11.7 Å². The molecule has 0 spiro atoms. The van der Waals surface area contributed by atoms with Gasteiger partial charge in [0.1, 0.15) is 22.2 Å². The lowest BCUT2D eigenvalue weighted by Gasteiger charge is -2.06. The van der Waals surface area contributed by atoms with Crippen molar-refractivity contribution < 1.29 is 13.2 Å². The van der Waals surface area contributed by atoms with E-state index in [4.69, 9.17) is 5.73 Å². The van der Waals surface area contributed by atoms with Crippen LogP contribution >= 0.6 is 11.8 Å². The maximum atomic E-state index is 12.3. The van der Waals surface area contributed by atoms with Crippen molar-refractivity contribution in [1.29, 1.82) is 0 Å². The summed E-state index contributed by atoms with van der Waals surface area (Å²) in [6, 6.07) is 3.77. The van der Waals surface area contributed by atoms with E-state index in [1.807, 2.05) is 0 Å². The van der Waals surface area contributed by atoms with E-state index in [2.05, 4.69) is 15.0 Å². The fourth-order valence-electron chi connectivity index (χ4n) is 1.12. The standard InChI is InChI=1S/C10H7F3N4S/c11-10(12,13)6-1-2-8(15-4-6)18-9-3-7(14)16-5-17-9/h1-5H,(H2,14,16,17). The Morgan fingerprint density at radius 2 is 1.83 bits per heavy atom. The van der Waals surface area contributed by atoms with Gasteiger partial charge in [-0.3, -0.25) is 0 Å². The molecular formula is C10H7F3N4S. The normalized spacial score (nSPS) is 11.5. The van der Waals surface area contributed by atoms with Gasteiger partial charge >= 0.3 is 6.18 Å². The van der Waals surface area contributed by atoms with E-state index >= 15 is 0 Å². The third kappa shape index (κ3) is 3.10. The topological polar surface area (TPSA) is 64.7 Å². The van der Waals surface area contributed by atoms with Gasteiger partial charge in [0.2, 0.25) is 0 Å². The Morgan fingerprint density at radius 3 is 2.39 bits per heavy atom. The molecule has 2 aromatic rings. The van der Waals surface area contributed by atoms with Crippen LogP contribution in [0.4, 0.5) is 19.0 Å². The molecule has 4 nitrogen and oxygen atoms in total. The molecule has 0 bridgehead atoms. The highest BCUT2D eigenvalue weighted by Gasteiger charge is 2.30. The third-order valence-corrected chi connectivity index (χ3v) is 2.82. The van der Waals surface area contributed by atoms with Crippen LogP contribution in [0.15, 0.2) is 40.8 Å². The van der Waals surface area contributed by atoms with Crippen LogP contribution in [-0.4, -0.2) is 15.0 Å². The van der Waals surface area contributed by atoms with Gasteiger partial charge in [0.25, 0.3) is 0 Å².